The SMILES string of the molecule is CCc1cc(C(=O)N2CCC[C@@]3(CCC(=O)N(CCc4cnc[nH]4)C3)C2)on1. The van der Waals surface area contributed by atoms with E-state index in [0.29, 0.717) is 31.8 Å². The first-order valence-corrected chi connectivity index (χ1v) is 10.1. The Hall–Kier alpha value is -2.64. The van der Waals surface area contributed by atoms with Gasteiger partial charge in [0.15, 0.2) is 0 Å². The number of imidazole rings is 1. The number of nitrogens with zero attached hydrogens (tertiary/aromatic N) is 4. The maximum Gasteiger partial charge on any atom is 0.292 e. The lowest BCUT2D eigenvalue weighted by atomic mass is 9.73. The van der Waals surface area contributed by atoms with Gasteiger partial charge in [0.25, 0.3) is 5.91 Å². The third-order valence-electron chi connectivity index (χ3n) is 6.03. The zero-order chi connectivity index (χ0) is 19.6. The van der Waals surface area contributed by atoms with E-state index >= 15 is 0 Å². The molecular formula is C20H27N5O3. The van der Waals surface area contributed by atoms with Crippen LogP contribution >= 0.6 is 0 Å². The molecule has 4 rings (SSSR count). The molecule has 2 aliphatic heterocycles. The standard InChI is InChI=1S/C20H27N5O3/c1-2-15-10-17(28-23-15)19(27)25-8-3-6-20(13-25)7-4-18(26)24(12-20)9-5-16-11-21-14-22-16/h10-11,14H,2-9,12-13H2,1H3,(H,21,22)/t20-/m0/s1. The number of rotatable bonds is 5. The van der Waals surface area contributed by atoms with Gasteiger partial charge in [0.1, 0.15) is 0 Å². The maximum atomic E-state index is 12.9. The van der Waals surface area contributed by atoms with E-state index in [1.807, 2.05) is 16.7 Å². The fourth-order valence-electron chi connectivity index (χ4n) is 4.43. The van der Waals surface area contributed by atoms with E-state index in [0.717, 1.165) is 50.0 Å². The molecular weight excluding hydrogens is 358 g/mol. The summed E-state index contributed by atoms with van der Waals surface area (Å²) >= 11 is 0. The van der Waals surface area contributed by atoms with Gasteiger partial charge in [-0.3, -0.25) is 9.59 Å². The molecule has 150 valence electrons. The molecule has 2 aromatic rings. The van der Waals surface area contributed by atoms with Gasteiger partial charge in [0.2, 0.25) is 11.7 Å². The Balaban J connectivity index is 1.42. The molecule has 2 aromatic heterocycles. The highest BCUT2D eigenvalue weighted by Gasteiger charge is 2.43. The zero-order valence-corrected chi connectivity index (χ0v) is 16.3. The molecule has 1 N–H and O–H groups in total. The number of piperidine rings is 2. The Morgan fingerprint density at radius 1 is 1.36 bits per heavy atom. The summed E-state index contributed by atoms with van der Waals surface area (Å²) in [5, 5.41) is 3.94. The number of nitrogens with one attached hydrogen (secondary N) is 1. The molecule has 8 nitrogen and oxygen atoms in total. The van der Waals surface area contributed by atoms with Crippen molar-refractivity contribution in [3.05, 3.63) is 35.7 Å². The molecule has 0 bridgehead atoms. The lowest BCUT2D eigenvalue weighted by molar-refractivity contribution is -0.138. The molecule has 0 aliphatic carbocycles. The van der Waals surface area contributed by atoms with Crippen LogP contribution in [-0.4, -0.2) is 62.9 Å². The molecule has 2 fully saturated rings. The third-order valence-corrected chi connectivity index (χ3v) is 6.03. The second kappa shape index (κ2) is 7.77. The first-order valence-electron chi connectivity index (χ1n) is 10.1. The molecule has 1 spiro atoms. The van der Waals surface area contributed by atoms with E-state index in [9.17, 15) is 9.59 Å². The van der Waals surface area contributed by atoms with Crippen LogP contribution in [0.2, 0.25) is 0 Å². The van der Waals surface area contributed by atoms with Crippen LogP contribution in [-0.2, 0) is 17.6 Å². The first-order chi connectivity index (χ1) is 13.6. The normalized spacial score (nSPS) is 22.8. The van der Waals surface area contributed by atoms with Crippen molar-refractivity contribution in [2.45, 2.75) is 45.4 Å². The summed E-state index contributed by atoms with van der Waals surface area (Å²) in [6.07, 6.45) is 8.35. The number of likely N-dealkylation sites (tertiary alicyclic amines) is 2. The summed E-state index contributed by atoms with van der Waals surface area (Å²) < 4.78 is 5.25. The highest BCUT2D eigenvalue weighted by Crippen LogP contribution is 2.39. The molecule has 2 saturated heterocycles. The average molecular weight is 385 g/mol. The van der Waals surface area contributed by atoms with E-state index < -0.39 is 0 Å². The number of aryl methyl sites for hydroxylation is 1. The number of carbonyl (C=O) groups excluding carboxylic acids is 2. The van der Waals surface area contributed by atoms with Crippen molar-refractivity contribution in [2.24, 2.45) is 5.41 Å². The molecule has 2 aliphatic rings. The molecule has 1 atom stereocenters. The Kier molecular flexibility index (Phi) is 5.19. The number of aromatic nitrogens is 3. The maximum absolute atomic E-state index is 12.9. The Bertz CT molecular complexity index is 831. The molecule has 28 heavy (non-hydrogen) atoms. The van der Waals surface area contributed by atoms with Crippen molar-refractivity contribution in [2.75, 3.05) is 26.2 Å². The second-order valence-corrected chi connectivity index (χ2v) is 8.01. The first kappa shape index (κ1) is 18.7. The van der Waals surface area contributed by atoms with Gasteiger partial charge < -0.3 is 19.3 Å². The van der Waals surface area contributed by atoms with Gasteiger partial charge in [0, 0.05) is 62.4 Å². The van der Waals surface area contributed by atoms with Crippen LogP contribution in [0.4, 0.5) is 0 Å². The highest BCUT2D eigenvalue weighted by molar-refractivity contribution is 5.91. The zero-order valence-electron chi connectivity index (χ0n) is 16.3. The fraction of sp³-hybridized carbons (Fsp3) is 0.600. The number of carbonyl (C=O) groups is 2. The van der Waals surface area contributed by atoms with Gasteiger partial charge >= 0.3 is 0 Å². The van der Waals surface area contributed by atoms with Crippen molar-refractivity contribution in [3.63, 3.8) is 0 Å². The largest absolute Gasteiger partial charge is 0.351 e. The minimum atomic E-state index is -0.0906. The summed E-state index contributed by atoms with van der Waals surface area (Å²) in [6.45, 7) is 4.77. The predicted octanol–water partition coefficient (Wildman–Crippen LogP) is 2.05. The molecule has 2 amide bonds. The van der Waals surface area contributed by atoms with E-state index in [-0.39, 0.29) is 17.2 Å². The molecule has 0 unspecified atom stereocenters. The molecule has 0 saturated carbocycles. The van der Waals surface area contributed by atoms with E-state index in [4.69, 9.17) is 4.52 Å². The van der Waals surface area contributed by atoms with Crippen LogP contribution in [0.3, 0.4) is 0 Å². The second-order valence-electron chi connectivity index (χ2n) is 8.01. The topological polar surface area (TPSA) is 95.3 Å². The summed E-state index contributed by atoms with van der Waals surface area (Å²) in [5.74, 6) is 0.431. The van der Waals surface area contributed by atoms with Crippen molar-refractivity contribution < 1.29 is 14.1 Å². The summed E-state index contributed by atoms with van der Waals surface area (Å²) in [7, 11) is 0. The van der Waals surface area contributed by atoms with Crippen LogP contribution < -0.4 is 0 Å². The average Bonchev–Trinajstić information content (AvgIpc) is 3.40. The van der Waals surface area contributed by atoms with Crippen molar-refractivity contribution in [1.29, 1.82) is 0 Å². The minimum absolute atomic E-state index is 0.0244. The summed E-state index contributed by atoms with van der Waals surface area (Å²) in [4.78, 5) is 36.3. The summed E-state index contributed by atoms with van der Waals surface area (Å²) in [6, 6.07) is 1.74. The van der Waals surface area contributed by atoms with Gasteiger partial charge in [0.05, 0.1) is 12.0 Å². The number of amides is 2. The molecule has 8 heteroatoms. The summed E-state index contributed by atoms with van der Waals surface area (Å²) in [5.41, 5.74) is 1.80. The van der Waals surface area contributed by atoms with Crippen LogP contribution in [0, 0.1) is 5.41 Å². The van der Waals surface area contributed by atoms with Gasteiger partial charge in [-0.25, -0.2) is 4.98 Å². The van der Waals surface area contributed by atoms with Crippen LogP contribution in [0.1, 0.15) is 54.5 Å². The monoisotopic (exact) mass is 385 g/mol. The molecule has 4 heterocycles. The van der Waals surface area contributed by atoms with E-state index in [1.54, 1.807) is 18.6 Å². The predicted molar refractivity (Wildman–Crippen MR) is 102 cm³/mol. The molecule has 0 aromatic carbocycles. The molecule has 0 radical (unpaired) electrons. The minimum Gasteiger partial charge on any atom is -0.351 e. The van der Waals surface area contributed by atoms with Crippen LogP contribution in [0.5, 0.6) is 0 Å². The van der Waals surface area contributed by atoms with Crippen molar-refractivity contribution >= 4 is 11.8 Å². The number of hydrogen-bond acceptors (Lipinski definition) is 5. The Labute approximate surface area is 164 Å². The van der Waals surface area contributed by atoms with E-state index in [1.165, 1.54) is 0 Å². The number of aromatic amines is 1. The quantitative estimate of drug-likeness (QED) is 0.850. The lowest BCUT2D eigenvalue weighted by Crippen LogP contribution is -2.55. The number of H-pyrrole nitrogens is 1. The van der Waals surface area contributed by atoms with Gasteiger partial charge in [-0.1, -0.05) is 12.1 Å². The lowest BCUT2D eigenvalue weighted by Gasteiger charge is -2.48. The smallest absolute Gasteiger partial charge is 0.292 e. The highest BCUT2D eigenvalue weighted by atomic mass is 16.5. The number of hydrogen-bond donors (Lipinski definition) is 1. The third kappa shape index (κ3) is 3.81. The van der Waals surface area contributed by atoms with Gasteiger partial charge in [-0.2, -0.15) is 0 Å². The Morgan fingerprint density at radius 2 is 2.25 bits per heavy atom. The van der Waals surface area contributed by atoms with Gasteiger partial charge in [-0.15, -0.1) is 0 Å². The van der Waals surface area contributed by atoms with Crippen molar-refractivity contribution in [3.8, 4) is 0 Å². The van der Waals surface area contributed by atoms with Gasteiger partial charge in [-0.05, 0) is 25.7 Å². The van der Waals surface area contributed by atoms with Crippen LogP contribution in [0.25, 0.3) is 0 Å². The van der Waals surface area contributed by atoms with Crippen molar-refractivity contribution in [1.82, 2.24) is 24.9 Å². The Morgan fingerprint density at radius 3 is 3.00 bits per heavy atom. The van der Waals surface area contributed by atoms with Crippen LogP contribution in [0.15, 0.2) is 23.1 Å². The van der Waals surface area contributed by atoms with E-state index in [2.05, 4.69) is 15.1 Å². The fourth-order valence-corrected chi connectivity index (χ4v) is 4.43.